The molecule has 192 valence electrons. The van der Waals surface area contributed by atoms with Gasteiger partial charge in [-0.3, -0.25) is 19.4 Å². The average Bonchev–Trinajstić information content (AvgIpc) is 3.11. The molecule has 0 aromatic heterocycles. The Morgan fingerprint density at radius 3 is 2.36 bits per heavy atom. The van der Waals surface area contributed by atoms with Crippen LogP contribution in [0.5, 0.6) is 0 Å². The molecular weight excluding hydrogens is 567 g/mol. The highest BCUT2D eigenvalue weighted by Crippen LogP contribution is 2.38. The van der Waals surface area contributed by atoms with E-state index in [-0.39, 0.29) is 31.0 Å². The molecule has 0 aliphatic carbocycles. The molecule has 12 heteroatoms. The molecule has 0 saturated heterocycles. The van der Waals surface area contributed by atoms with E-state index >= 15 is 0 Å². The number of hydrogen-bond acceptors (Lipinski definition) is 6. The Morgan fingerprint density at radius 2 is 1.83 bits per heavy atom. The molecule has 1 aliphatic rings. The van der Waals surface area contributed by atoms with Crippen LogP contribution in [0.2, 0.25) is 5.02 Å². The molecule has 3 rings (SSSR count). The highest BCUT2D eigenvalue weighted by Gasteiger charge is 2.48. The highest BCUT2D eigenvalue weighted by molar-refractivity contribution is 9.10. The third kappa shape index (κ3) is 5.73. The number of anilines is 1. The summed E-state index contributed by atoms with van der Waals surface area (Å²) in [7, 11) is 0. The number of benzene rings is 2. The van der Waals surface area contributed by atoms with Crippen LogP contribution in [-0.4, -0.2) is 48.2 Å². The maximum atomic E-state index is 13.2. The third-order valence-electron chi connectivity index (χ3n) is 5.50. The van der Waals surface area contributed by atoms with E-state index in [9.17, 15) is 27.6 Å². The average molecular weight is 589 g/mol. The molecule has 0 saturated carbocycles. The molecule has 1 aliphatic heterocycles. The molecule has 1 heterocycles. The fourth-order valence-electron chi connectivity index (χ4n) is 3.86. The number of imide groups is 1. The summed E-state index contributed by atoms with van der Waals surface area (Å²) in [6.07, 6.45) is -4.65. The second-order valence-corrected chi connectivity index (χ2v) is 9.56. The smallest absolute Gasteiger partial charge is 0.417 e. The fourth-order valence-corrected chi connectivity index (χ4v) is 4.41. The largest absolute Gasteiger partial charge is 0.465 e. The van der Waals surface area contributed by atoms with Crippen LogP contribution < -0.4 is 4.90 Å². The second kappa shape index (κ2) is 10.6. The lowest BCUT2D eigenvalue weighted by atomic mass is 9.82. The fraction of sp³-hybridized carbons (Fsp3) is 0.333. The van der Waals surface area contributed by atoms with Crippen molar-refractivity contribution in [2.24, 2.45) is 10.5 Å². The summed E-state index contributed by atoms with van der Waals surface area (Å²) in [6.45, 7) is 3.98. The van der Waals surface area contributed by atoms with Crippen molar-refractivity contribution in [3.63, 3.8) is 0 Å². The molecule has 0 fully saturated rings. The minimum Gasteiger partial charge on any atom is -0.465 e. The van der Waals surface area contributed by atoms with Crippen molar-refractivity contribution < 1.29 is 32.3 Å². The van der Waals surface area contributed by atoms with Crippen molar-refractivity contribution in [2.45, 2.75) is 26.9 Å². The zero-order valence-electron chi connectivity index (χ0n) is 19.5. The molecular formula is C24H22BrClF3N3O4. The standard InChI is InChI=1S/C24H22BrClF3N3O4/c1-4-36-22(35)23(3)13-31(12-20(34)32(14(2)33)17-8-6-16(25)7-9-17)30-21(23)15-5-10-18(19(26)11-15)24(27,28)29/h5-11H,4,12-13H2,1-3H3. The van der Waals surface area contributed by atoms with Gasteiger partial charge in [0.05, 0.1) is 35.1 Å². The summed E-state index contributed by atoms with van der Waals surface area (Å²) in [5, 5.41) is 5.11. The van der Waals surface area contributed by atoms with E-state index < -0.39 is 40.0 Å². The van der Waals surface area contributed by atoms with Gasteiger partial charge in [-0.05, 0) is 50.2 Å². The number of nitrogens with zero attached hydrogens (tertiary/aromatic N) is 3. The topological polar surface area (TPSA) is 79.3 Å². The van der Waals surface area contributed by atoms with Crippen LogP contribution >= 0.6 is 27.5 Å². The molecule has 2 aromatic carbocycles. The van der Waals surface area contributed by atoms with Gasteiger partial charge in [0.15, 0.2) is 0 Å². The summed E-state index contributed by atoms with van der Waals surface area (Å²) < 4.78 is 45.5. The van der Waals surface area contributed by atoms with Crippen LogP contribution in [0.3, 0.4) is 0 Å². The van der Waals surface area contributed by atoms with E-state index in [1.54, 1.807) is 31.2 Å². The Balaban J connectivity index is 1.97. The number of halogens is 5. The SMILES string of the molecule is CCOC(=O)C1(C)CN(CC(=O)N(C(C)=O)c2ccc(Br)cc2)N=C1c1ccc(C(F)(F)F)c(Cl)c1. The summed E-state index contributed by atoms with van der Waals surface area (Å²) in [6, 6.07) is 9.60. The van der Waals surface area contributed by atoms with Crippen molar-refractivity contribution in [3.05, 3.63) is 63.1 Å². The van der Waals surface area contributed by atoms with Crippen LogP contribution in [-0.2, 0) is 25.3 Å². The first kappa shape index (κ1) is 27.7. The van der Waals surface area contributed by atoms with Crippen LogP contribution in [0.15, 0.2) is 52.0 Å². The number of carbonyl (C=O) groups is 3. The summed E-state index contributed by atoms with van der Waals surface area (Å²) in [4.78, 5) is 39.2. The molecule has 2 aromatic rings. The number of rotatable bonds is 6. The minimum atomic E-state index is -4.65. The predicted molar refractivity (Wildman–Crippen MR) is 132 cm³/mol. The Hall–Kier alpha value is -2.92. The van der Waals surface area contributed by atoms with Crippen molar-refractivity contribution in [3.8, 4) is 0 Å². The summed E-state index contributed by atoms with van der Waals surface area (Å²) in [5.74, 6) is -1.79. The first-order valence-electron chi connectivity index (χ1n) is 10.8. The van der Waals surface area contributed by atoms with E-state index in [2.05, 4.69) is 21.0 Å². The minimum absolute atomic E-state index is 0.0656. The van der Waals surface area contributed by atoms with Crippen LogP contribution in [0.25, 0.3) is 0 Å². The molecule has 0 spiro atoms. The van der Waals surface area contributed by atoms with E-state index in [4.69, 9.17) is 16.3 Å². The van der Waals surface area contributed by atoms with Crippen LogP contribution in [0, 0.1) is 5.41 Å². The number of hydrogen-bond donors (Lipinski definition) is 0. The van der Waals surface area contributed by atoms with E-state index in [1.807, 2.05) is 0 Å². The number of esters is 1. The molecule has 0 N–H and O–H groups in total. The summed E-state index contributed by atoms with van der Waals surface area (Å²) in [5.41, 5.74) is -1.81. The van der Waals surface area contributed by atoms with Crippen molar-refractivity contribution >= 4 is 56.7 Å². The second-order valence-electron chi connectivity index (χ2n) is 8.24. The van der Waals surface area contributed by atoms with Gasteiger partial charge in [-0.25, -0.2) is 4.90 Å². The van der Waals surface area contributed by atoms with Gasteiger partial charge in [-0.2, -0.15) is 18.3 Å². The van der Waals surface area contributed by atoms with Gasteiger partial charge in [0.25, 0.3) is 5.91 Å². The van der Waals surface area contributed by atoms with E-state index in [0.717, 1.165) is 21.5 Å². The molecule has 36 heavy (non-hydrogen) atoms. The number of carbonyl (C=O) groups excluding carboxylic acids is 3. The van der Waals surface area contributed by atoms with Gasteiger partial charge in [0, 0.05) is 17.0 Å². The number of hydrazone groups is 1. The lowest BCUT2D eigenvalue weighted by Gasteiger charge is -2.26. The van der Waals surface area contributed by atoms with Crippen LogP contribution in [0.1, 0.15) is 31.9 Å². The molecule has 1 atom stereocenters. The lowest BCUT2D eigenvalue weighted by Crippen LogP contribution is -2.44. The normalized spacial score (nSPS) is 17.6. The molecule has 0 bridgehead atoms. The van der Waals surface area contributed by atoms with Gasteiger partial charge < -0.3 is 4.74 Å². The third-order valence-corrected chi connectivity index (χ3v) is 6.34. The monoisotopic (exact) mass is 587 g/mol. The Bertz CT molecular complexity index is 1220. The molecule has 1 unspecified atom stereocenters. The van der Waals surface area contributed by atoms with Gasteiger partial charge >= 0.3 is 12.1 Å². The van der Waals surface area contributed by atoms with Gasteiger partial charge in [0.1, 0.15) is 12.0 Å². The van der Waals surface area contributed by atoms with Crippen molar-refractivity contribution in [1.29, 1.82) is 0 Å². The number of amides is 2. The molecule has 2 amide bonds. The van der Waals surface area contributed by atoms with Crippen molar-refractivity contribution in [2.75, 3.05) is 24.6 Å². The van der Waals surface area contributed by atoms with Gasteiger partial charge in [0.2, 0.25) is 5.91 Å². The Morgan fingerprint density at radius 1 is 1.19 bits per heavy atom. The first-order valence-corrected chi connectivity index (χ1v) is 11.9. The molecule has 0 radical (unpaired) electrons. The zero-order chi connectivity index (χ0) is 26.8. The lowest BCUT2D eigenvalue weighted by molar-refractivity contribution is -0.150. The Labute approximate surface area is 219 Å². The quantitative estimate of drug-likeness (QED) is 0.429. The van der Waals surface area contributed by atoms with Gasteiger partial charge in [-0.1, -0.05) is 33.6 Å². The van der Waals surface area contributed by atoms with Gasteiger partial charge in [-0.15, -0.1) is 0 Å². The molecule has 7 nitrogen and oxygen atoms in total. The maximum absolute atomic E-state index is 13.2. The van der Waals surface area contributed by atoms with Crippen molar-refractivity contribution in [1.82, 2.24) is 5.01 Å². The predicted octanol–water partition coefficient (Wildman–Crippen LogP) is 5.29. The number of ether oxygens (including phenoxy) is 1. The first-order chi connectivity index (χ1) is 16.8. The van der Waals surface area contributed by atoms with E-state index in [0.29, 0.717) is 5.69 Å². The summed E-state index contributed by atoms with van der Waals surface area (Å²) >= 11 is 9.19. The van der Waals surface area contributed by atoms with Crippen LogP contribution in [0.4, 0.5) is 18.9 Å². The van der Waals surface area contributed by atoms with E-state index in [1.165, 1.54) is 24.9 Å². The Kier molecular flexibility index (Phi) is 8.14. The maximum Gasteiger partial charge on any atom is 0.417 e. The highest BCUT2D eigenvalue weighted by atomic mass is 79.9. The zero-order valence-corrected chi connectivity index (χ0v) is 21.9. The number of alkyl halides is 3.